The Labute approximate surface area is 469 Å². The summed E-state index contributed by atoms with van der Waals surface area (Å²) >= 11 is 0. The van der Waals surface area contributed by atoms with E-state index in [1.807, 2.05) is 33.3 Å². The highest BCUT2D eigenvalue weighted by molar-refractivity contribution is 7.45. The molecular formula is C66H119N2O7P. The smallest absolute Gasteiger partial charge is 0.306 e. The molecule has 0 aromatic carbocycles. The molecule has 0 aromatic rings. The first-order chi connectivity index (χ1) is 36.9. The second-order valence-corrected chi connectivity index (χ2v) is 23.6. The summed E-state index contributed by atoms with van der Waals surface area (Å²) in [5.74, 6) is -0.608. The maximum Gasteiger partial charge on any atom is 0.306 e. The lowest BCUT2D eigenvalue weighted by molar-refractivity contribution is -0.870. The Morgan fingerprint density at radius 2 is 0.816 bits per heavy atom. The van der Waals surface area contributed by atoms with Crippen molar-refractivity contribution in [2.24, 2.45) is 0 Å². The zero-order chi connectivity index (χ0) is 55.7. The fraction of sp³-hybridized carbons (Fsp3) is 0.758. The topological polar surface area (TPSA) is 114 Å². The van der Waals surface area contributed by atoms with Crippen LogP contribution in [0.5, 0.6) is 0 Å². The van der Waals surface area contributed by atoms with E-state index in [0.29, 0.717) is 17.4 Å². The van der Waals surface area contributed by atoms with E-state index < -0.39 is 26.6 Å². The van der Waals surface area contributed by atoms with Gasteiger partial charge >= 0.3 is 5.97 Å². The molecule has 0 aliphatic carbocycles. The van der Waals surface area contributed by atoms with Crippen molar-refractivity contribution in [3.8, 4) is 0 Å². The third-order valence-corrected chi connectivity index (χ3v) is 14.5. The molecule has 1 N–H and O–H groups in total. The number of ether oxygens (including phenoxy) is 1. The Morgan fingerprint density at radius 3 is 1.25 bits per heavy atom. The number of amides is 1. The zero-order valence-corrected chi connectivity index (χ0v) is 51.1. The van der Waals surface area contributed by atoms with Crippen molar-refractivity contribution < 1.29 is 37.3 Å². The number of unbranched alkanes of at least 4 members (excludes halogenated alkanes) is 28. The van der Waals surface area contributed by atoms with Gasteiger partial charge in [-0.3, -0.25) is 14.2 Å². The van der Waals surface area contributed by atoms with E-state index in [1.165, 1.54) is 154 Å². The number of hydrogen-bond donors (Lipinski definition) is 1. The Balaban J connectivity index is 5.31. The molecule has 10 heteroatoms. The number of hydrogen-bond acceptors (Lipinski definition) is 7. The van der Waals surface area contributed by atoms with Gasteiger partial charge < -0.3 is 28.5 Å². The fourth-order valence-electron chi connectivity index (χ4n) is 8.66. The number of nitrogens with one attached hydrogen (secondary N) is 1. The normalized spacial score (nSPS) is 14.2. The zero-order valence-electron chi connectivity index (χ0n) is 50.2. The number of likely N-dealkylation sites (N-methyl/N-ethyl adjacent to an activating group) is 1. The summed E-state index contributed by atoms with van der Waals surface area (Å²) in [6.07, 6.45) is 72.7. The van der Waals surface area contributed by atoms with Crippen molar-refractivity contribution >= 4 is 19.7 Å². The molecule has 0 fully saturated rings. The molecule has 0 aromatic heterocycles. The number of nitrogens with zero attached hydrogens (tertiary/aromatic N) is 1. The monoisotopic (exact) mass is 1080 g/mol. The summed E-state index contributed by atoms with van der Waals surface area (Å²) in [5.41, 5.74) is 0. The molecule has 3 unspecified atom stereocenters. The first-order valence-corrected chi connectivity index (χ1v) is 32.9. The lowest BCUT2D eigenvalue weighted by Gasteiger charge is -2.30. The highest BCUT2D eigenvalue weighted by Gasteiger charge is 2.27. The number of phosphoric acid groups is 1. The van der Waals surface area contributed by atoms with Crippen LogP contribution in [0.1, 0.15) is 271 Å². The van der Waals surface area contributed by atoms with Crippen molar-refractivity contribution in [3.63, 3.8) is 0 Å². The highest BCUT2D eigenvalue weighted by Crippen LogP contribution is 2.38. The summed E-state index contributed by atoms with van der Waals surface area (Å²) in [6, 6.07) is -0.921. The van der Waals surface area contributed by atoms with E-state index in [4.69, 9.17) is 13.8 Å². The second kappa shape index (κ2) is 55.5. The summed E-state index contributed by atoms with van der Waals surface area (Å²) < 4.78 is 30.3. The van der Waals surface area contributed by atoms with E-state index in [-0.39, 0.29) is 31.3 Å². The first-order valence-electron chi connectivity index (χ1n) is 31.4. The van der Waals surface area contributed by atoms with Gasteiger partial charge in [0.25, 0.3) is 7.82 Å². The fourth-order valence-corrected chi connectivity index (χ4v) is 9.38. The van der Waals surface area contributed by atoms with Crippen molar-refractivity contribution in [2.75, 3.05) is 40.9 Å². The molecule has 0 rings (SSSR count). The van der Waals surface area contributed by atoms with Crippen LogP contribution in [0, 0.1) is 0 Å². The summed E-state index contributed by atoms with van der Waals surface area (Å²) in [4.78, 5) is 40.0. The Hall–Kier alpha value is -2.81. The van der Waals surface area contributed by atoms with Crippen LogP contribution >= 0.6 is 7.82 Å². The Morgan fingerprint density at radius 1 is 0.461 bits per heavy atom. The average Bonchev–Trinajstić information content (AvgIpc) is 3.38. The van der Waals surface area contributed by atoms with Gasteiger partial charge in [-0.1, -0.05) is 241 Å². The largest absolute Gasteiger partial charge is 0.756 e. The van der Waals surface area contributed by atoms with Crippen molar-refractivity contribution in [2.45, 2.75) is 283 Å². The van der Waals surface area contributed by atoms with Gasteiger partial charge in [-0.05, 0) is 102 Å². The molecule has 3 atom stereocenters. The van der Waals surface area contributed by atoms with E-state index in [9.17, 15) is 19.0 Å². The molecule has 0 saturated carbocycles. The minimum atomic E-state index is -4.72. The van der Waals surface area contributed by atoms with E-state index in [1.54, 1.807) is 0 Å². The highest BCUT2D eigenvalue weighted by atomic mass is 31.2. The standard InChI is InChI=1S/C66H119N2O7P/c1-7-10-13-16-19-22-25-28-30-32-33-34-35-37-39-41-44-47-50-53-56-59-66(70)75-64(57-54-51-48-45-42-27-24-21-18-15-12-9-3)63(62-74-76(71,72)73-61-60-68(4,5)6)67-65(69)58-55-52-49-46-43-40-38-36-31-29-26-23-20-17-14-11-8-2/h19-20,22-23,28-31,38,40,46,49,54,57,63-64H,7-18,21,24-27,32-37,39,41-45,47-48,50-53,55-56,58-62H2,1-6H3,(H-,67,69,71,72)/b22-19-,23-20-,30-28-,31-29-,40-38-,49-46-,57-54+. The molecule has 0 aliphatic rings. The molecule has 0 aliphatic heterocycles. The molecule has 76 heavy (non-hydrogen) atoms. The van der Waals surface area contributed by atoms with Crippen LogP contribution in [-0.4, -0.2) is 69.4 Å². The minimum absolute atomic E-state index is 0.0355. The molecular weight excluding hydrogens is 964 g/mol. The van der Waals surface area contributed by atoms with Gasteiger partial charge in [0.15, 0.2) is 0 Å². The SMILES string of the molecule is CCCCC/C=C\C/C=C\C/C=C\C/C=C\CCCC(=O)NC(COP(=O)([O-])OCC[N+](C)(C)C)C(/C=C/CCCCCCCCCCCC)OC(=O)CCCCCCCCCCCCC/C=C\C/C=C\CCCCC. The predicted octanol–water partition coefficient (Wildman–Crippen LogP) is 18.8. The van der Waals surface area contributed by atoms with Crippen LogP contribution in [0.15, 0.2) is 85.1 Å². The summed E-state index contributed by atoms with van der Waals surface area (Å²) in [7, 11) is 1.14. The first kappa shape index (κ1) is 73.2. The van der Waals surface area contributed by atoms with Crippen molar-refractivity contribution in [3.05, 3.63) is 85.1 Å². The molecule has 9 nitrogen and oxygen atoms in total. The van der Waals surface area contributed by atoms with Gasteiger partial charge in [0.05, 0.1) is 33.8 Å². The van der Waals surface area contributed by atoms with Gasteiger partial charge in [-0.25, -0.2) is 0 Å². The van der Waals surface area contributed by atoms with Crippen LogP contribution in [0.25, 0.3) is 0 Å². The third-order valence-electron chi connectivity index (χ3n) is 13.5. The van der Waals surface area contributed by atoms with Crippen LogP contribution in [-0.2, 0) is 27.9 Å². The second-order valence-electron chi connectivity index (χ2n) is 22.2. The van der Waals surface area contributed by atoms with Gasteiger partial charge in [-0.2, -0.15) is 0 Å². The van der Waals surface area contributed by atoms with Crippen molar-refractivity contribution in [1.82, 2.24) is 5.32 Å². The maximum absolute atomic E-state index is 13.5. The lowest BCUT2D eigenvalue weighted by atomic mass is 10.0. The predicted molar refractivity (Wildman–Crippen MR) is 325 cm³/mol. The number of phosphoric ester groups is 1. The van der Waals surface area contributed by atoms with Crippen molar-refractivity contribution in [1.29, 1.82) is 0 Å². The van der Waals surface area contributed by atoms with Crippen LogP contribution in [0.3, 0.4) is 0 Å². The maximum atomic E-state index is 13.5. The Kier molecular flexibility index (Phi) is 53.5. The van der Waals surface area contributed by atoms with E-state index in [0.717, 1.165) is 77.0 Å². The molecule has 0 spiro atoms. The van der Waals surface area contributed by atoms with Crippen LogP contribution < -0.4 is 10.2 Å². The van der Waals surface area contributed by atoms with E-state index in [2.05, 4.69) is 99.0 Å². The molecule has 0 radical (unpaired) electrons. The third kappa shape index (κ3) is 55.9. The van der Waals surface area contributed by atoms with E-state index >= 15 is 0 Å². The van der Waals surface area contributed by atoms with Crippen LogP contribution in [0.2, 0.25) is 0 Å². The minimum Gasteiger partial charge on any atom is -0.756 e. The Bertz CT molecular complexity index is 1580. The molecule has 440 valence electrons. The van der Waals surface area contributed by atoms with Crippen LogP contribution in [0.4, 0.5) is 0 Å². The average molecular weight is 1080 g/mol. The number of esters is 1. The molecule has 0 bridgehead atoms. The van der Waals surface area contributed by atoms with Gasteiger partial charge in [-0.15, -0.1) is 0 Å². The number of carbonyl (C=O) groups is 2. The van der Waals surface area contributed by atoms with Gasteiger partial charge in [0, 0.05) is 12.8 Å². The van der Waals surface area contributed by atoms with Gasteiger partial charge in [0.2, 0.25) is 5.91 Å². The van der Waals surface area contributed by atoms with Gasteiger partial charge in [0.1, 0.15) is 19.3 Å². The number of quaternary nitrogens is 1. The molecule has 0 heterocycles. The molecule has 1 amide bonds. The number of rotatable bonds is 56. The quantitative estimate of drug-likeness (QED) is 0.0212. The molecule has 0 saturated heterocycles. The number of carbonyl (C=O) groups excluding carboxylic acids is 2. The summed E-state index contributed by atoms with van der Waals surface area (Å²) in [5, 5.41) is 2.99. The summed E-state index contributed by atoms with van der Waals surface area (Å²) in [6.45, 7) is 6.75. The lowest BCUT2D eigenvalue weighted by Crippen LogP contribution is -2.47. The number of allylic oxidation sites excluding steroid dienone is 13.